The van der Waals surface area contributed by atoms with Crippen molar-refractivity contribution in [2.75, 3.05) is 31.7 Å². The lowest BCUT2D eigenvalue weighted by molar-refractivity contribution is 0.161. The number of methoxy groups -OCH3 is 1. The zero-order valence-electron chi connectivity index (χ0n) is 9.53. The van der Waals surface area contributed by atoms with Crippen LogP contribution in [-0.2, 0) is 10.6 Å². The van der Waals surface area contributed by atoms with E-state index >= 15 is 0 Å². The lowest BCUT2D eigenvalue weighted by Crippen LogP contribution is -2.23. The van der Waals surface area contributed by atoms with E-state index in [4.69, 9.17) is 16.3 Å². The van der Waals surface area contributed by atoms with Crippen LogP contribution in [0.1, 0.15) is 12.0 Å². The van der Waals surface area contributed by atoms with E-state index in [0.29, 0.717) is 11.8 Å². The first-order valence-corrected chi connectivity index (χ1v) is 6.12. The lowest BCUT2D eigenvalue weighted by Gasteiger charge is -2.19. The van der Waals surface area contributed by atoms with Crippen LogP contribution in [0.5, 0.6) is 0 Å². The lowest BCUT2D eigenvalue weighted by atomic mass is 10.1. The molecule has 1 atom stereocenters. The van der Waals surface area contributed by atoms with Crippen LogP contribution < -0.4 is 4.90 Å². The zero-order valence-corrected chi connectivity index (χ0v) is 10.3. The maximum Gasteiger partial charge on any atom is 0.132 e. The second-order valence-corrected chi connectivity index (χ2v) is 4.44. The highest BCUT2D eigenvalue weighted by Gasteiger charge is 2.24. The third kappa shape index (κ3) is 2.47. The van der Waals surface area contributed by atoms with E-state index < -0.39 is 0 Å². The molecular weight excluding hydrogens is 224 g/mol. The van der Waals surface area contributed by atoms with E-state index in [0.717, 1.165) is 31.1 Å². The Kier molecular flexibility index (Phi) is 4.02. The summed E-state index contributed by atoms with van der Waals surface area (Å²) >= 11 is 5.92. The monoisotopic (exact) mass is 240 g/mol. The first-order valence-electron chi connectivity index (χ1n) is 5.59. The number of nitrogens with zero attached hydrogens (tertiary/aromatic N) is 2. The molecule has 1 saturated heterocycles. The quantitative estimate of drug-likeness (QED) is 0.756. The highest BCUT2D eigenvalue weighted by atomic mass is 35.5. The zero-order chi connectivity index (χ0) is 11.4. The van der Waals surface area contributed by atoms with Gasteiger partial charge in [0.15, 0.2) is 0 Å². The highest BCUT2D eigenvalue weighted by Crippen LogP contribution is 2.25. The van der Waals surface area contributed by atoms with Crippen molar-refractivity contribution >= 4 is 17.4 Å². The van der Waals surface area contributed by atoms with Gasteiger partial charge in [0.2, 0.25) is 0 Å². The molecule has 1 aliphatic rings. The summed E-state index contributed by atoms with van der Waals surface area (Å²) in [5.41, 5.74) is 1.11. The molecule has 3 nitrogen and oxygen atoms in total. The van der Waals surface area contributed by atoms with E-state index in [1.807, 2.05) is 18.3 Å². The molecule has 0 radical (unpaired) electrons. The smallest absolute Gasteiger partial charge is 0.132 e. The Morgan fingerprint density at radius 3 is 3.25 bits per heavy atom. The molecule has 1 fully saturated rings. The number of rotatable bonds is 4. The molecule has 16 heavy (non-hydrogen) atoms. The minimum Gasteiger partial charge on any atom is -0.384 e. The predicted octanol–water partition coefficient (Wildman–Crippen LogP) is 2.29. The molecule has 1 aliphatic heterocycles. The van der Waals surface area contributed by atoms with Crippen LogP contribution in [0, 0.1) is 5.92 Å². The van der Waals surface area contributed by atoms with Crippen LogP contribution in [0.15, 0.2) is 18.3 Å². The third-order valence-electron chi connectivity index (χ3n) is 3.00. The molecule has 0 aliphatic carbocycles. The average molecular weight is 241 g/mol. The average Bonchev–Trinajstić information content (AvgIpc) is 2.78. The van der Waals surface area contributed by atoms with Crippen molar-refractivity contribution in [1.82, 2.24) is 4.98 Å². The maximum absolute atomic E-state index is 5.92. The molecule has 0 bridgehead atoms. The van der Waals surface area contributed by atoms with Crippen LogP contribution in [0.4, 0.5) is 5.82 Å². The minimum absolute atomic E-state index is 0.522. The normalized spacial score (nSPS) is 20.4. The molecule has 88 valence electrons. The summed E-state index contributed by atoms with van der Waals surface area (Å²) in [6.07, 6.45) is 3.00. The Bertz CT molecular complexity index is 346. The number of hydrogen-bond donors (Lipinski definition) is 0. The van der Waals surface area contributed by atoms with Crippen LogP contribution >= 0.6 is 11.6 Å². The van der Waals surface area contributed by atoms with Crippen LogP contribution in [0.2, 0.25) is 0 Å². The van der Waals surface area contributed by atoms with Gasteiger partial charge < -0.3 is 9.64 Å². The largest absolute Gasteiger partial charge is 0.384 e. The molecule has 1 unspecified atom stereocenters. The van der Waals surface area contributed by atoms with Crippen molar-refractivity contribution in [3.8, 4) is 0 Å². The first-order chi connectivity index (χ1) is 7.85. The van der Waals surface area contributed by atoms with Gasteiger partial charge in [-0.15, -0.1) is 11.6 Å². The second-order valence-electron chi connectivity index (χ2n) is 4.18. The Balaban J connectivity index is 2.08. The number of ether oxygens (including phenoxy) is 1. The van der Waals surface area contributed by atoms with E-state index in [-0.39, 0.29) is 0 Å². The fraction of sp³-hybridized carbons (Fsp3) is 0.583. The SMILES string of the molecule is COCC1CCN(c2ncccc2CCl)C1. The molecule has 1 aromatic rings. The maximum atomic E-state index is 5.92. The van der Waals surface area contributed by atoms with Gasteiger partial charge >= 0.3 is 0 Å². The Labute approximate surface area is 101 Å². The van der Waals surface area contributed by atoms with Crippen molar-refractivity contribution in [2.24, 2.45) is 5.92 Å². The van der Waals surface area contributed by atoms with Gasteiger partial charge in [0, 0.05) is 37.9 Å². The predicted molar refractivity (Wildman–Crippen MR) is 66.0 cm³/mol. The van der Waals surface area contributed by atoms with Crippen LogP contribution in [-0.4, -0.2) is 31.8 Å². The summed E-state index contributed by atoms with van der Waals surface area (Å²) < 4.78 is 5.19. The minimum atomic E-state index is 0.522. The van der Waals surface area contributed by atoms with Crippen molar-refractivity contribution in [2.45, 2.75) is 12.3 Å². The van der Waals surface area contributed by atoms with Crippen LogP contribution in [0.3, 0.4) is 0 Å². The second kappa shape index (κ2) is 5.51. The summed E-state index contributed by atoms with van der Waals surface area (Å²) in [7, 11) is 1.76. The molecule has 4 heteroatoms. The first kappa shape index (κ1) is 11.7. The molecule has 0 saturated carbocycles. The summed E-state index contributed by atoms with van der Waals surface area (Å²) in [4.78, 5) is 6.73. The van der Waals surface area contributed by atoms with Gasteiger partial charge in [0.25, 0.3) is 0 Å². The summed E-state index contributed by atoms with van der Waals surface area (Å²) in [5, 5.41) is 0. The number of pyridine rings is 1. The third-order valence-corrected chi connectivity index (χ3v) is 3.29. The van der Waals surface area contributed by atoms with Crippen molar-refractivity contribution in [3.05, 3.63) is 23.9 Å². The number of alkyl halides is 1. The summed E-state index contributed by atoms with van der Waals surface area (Å²) in [5.74, 6) is 2.18. The van der Waals surface area contributed by atoms with Gasteiger partial charge in [-0.1, -0.05) is 6.07 Å². The standard InChI is InChI=1S/C12H17ClN2O/c1-16-9-10-4-6-15(8-10)12-11(7-13)3-2-5-14-12/h2-3,5,10H,4,6-9H2,1H3. The molecular formula is C12H17ClN2O. The topological polar surface area (TPSA) is 25.4 Å². The van der Waals surface area contributed by atoms with Gasteiger partial charge in [-0.05, 0) is 12.5 Å². The highest BCUT2D eigenvalue weighted by molar-refractivity contribution is 6.17. The fourth-order valence-corrected chi connectivity index (χ4v) is 2.42. The number of halogens is 1. The van der Waals surface area contributed by atoms with Gasteiger partial charge in [-0.2, -0.15) is 0 Å². The number of hydrogen-bond acceptors (Lipinski definition) is 3. The van der Waals surface area contributed by atoms with Crippen molar-refractivity contribution in [3.63, 3.8) is 0 Å². The van der Waals surface area contributed by atoms with E-state index in [1.165, 1.54) is 6.42 Å². The van der Waals surface area contributed by atoms with E-state index in [2.05, 4.69) is 9.88 Å². The summed E-state index contributed by atoms with van der Waals surface area (Å²) in [6, 6.07) is 3.98. The molecule has 2 rings (SSSR count). The fourth-order valence-electron chi connectivity index (χ4n) is 2.22. The number of anilines is 1. The van der Waals surface area contributed by atoms with Crippen molar-refractivity contribution in [1.29, 1.82) is 0 Å². The molecule has 0 aromatic carbocycles. The summed E-state index contributed by atoms with van der Waals surface area (Å²) in [6.45, 7) is 2.91. The molecule has 0 amide bonds. The van der Waals surface area contributed by atoms with Gasteiger partial charge in [-0.25, -0.2) is 4.98 Å². The molecule has 0 spiro atoms. The molecule has 1 aromatic heterocycles. The van der Waals surface area contributed by atoms with E-state index in [1.54, 1.807) is 7.11 Å². The molecule has 0 N–H and O–H groups in total. The Morgan fingerprint density at radius 2 is 2.50 bits per heavy atom. The Morgan fingerprint density at radius 1 is 1.62 bits per heavy atom. The van der Waals surface area contributed by atoms with Gasteiger partial charge in [-0.3, -0.25) is 0 Å². The Hall–Kier alpha value is -0.800. The van der Waals surface area contributed by atoms with Crippen molar-refractivity contribution < 1.29 is 4.74 Å². The van der Waals surface area contributed by atoms with Crippen LogP contribution in [0.25, 0.3) is 0 Å². The van der Waals surface area contributed by atoms with Gasteiger partial charge in [0.1, 0.15) is 5.82 Å². The van der Waals surface area contributed by atoms with E-state index in [9.17, 15) is 0 Å². The van der Waals surface area contributed by atoms with Gasteiger partial charge in [0.05, 0.1) is 12.5 Å². The number of aromatic nitrogens is 1. The molecule has 2 heterocycles.